The number of piperidine rings is 1. The van der Waals surface area contributed by atoms with E-state index in [2.05, 4.69) is 22.9 Å². The van der Waals surface area contributed by atoms with Crippen LogP contribution >= 0.6 is 27.5 Å². The van der Waals surface area contributed by atoms with Gasteiger partial charge in [0.25, 0.3) is 0 Å². The molecule has 106 valence electrons. The van der Waals surface area contributed by atoms with E-state index in [1.807, 2.05) is 6.92 Å². The van der Waals surface area contributed by atoms with Crippen LogP contribution in [0.3, 0.4) is 0 Å². The van der Waals surface area contributed by atoms with Crippen LogP contribution in [0.4, 0.5) is 0 Å². The second-order valence-corrected chi connectivity index (χ2v) is 8.29. The molecule has 0 radical (unpaired) electrons. The van der Waals surface area contributed by atoms with Crippen molar-refractivity contribution >= 4 is 37.6 Å². The number of halogens is 2. The highest BCUT2D eigenvalue weighted by molar-refractivity contribution is 9.10. The van der Waals surface area contributed by atoms with Gasteiger partial charge in [-0.1, -0.05) is 18.5 Å². The summed E-state index contributed by atoms with van der Waals surface area (Å²) in [5, 5.41) is 0.479. The van der Waals surface area contributed by atoms with Crippen molar-refractivity contribution in [2.45, 2.75) is 31.6 Å². The second-order valence-electron chi connectivity index (χ2n) is 5.12. The minimum absolute atomic E-state index is 0.262. The molecule has 3 nitrogen and oxygen atoms in total. The van der Waals surface area contributed by atoms with E-state index in [4.69, 9.17) is 11.6 Å². The largest absolute Gasteiger partial charge is 0.244 e. The Balaban J connectivity index is 2.37. The fourth-order valence-corrected chi connectivity index (χ4v) is 5.03. The first-order valence-corrected chi connectivity index (χ1v) is 8.89. The Labute approximate surface area is 128 Å². The van der Waals surface area contributed by atoms with Crippen LogP contribution in [-0.4, -0.2) is 25.8 Å². The Morgan fingerprint density at radius 2 is 1.89 bits per heavy atom. The molecule has 19 heavy (non-hydrogen) atoms. The fourth-order valence-electron chi connectivity index (χ4n) is 2.19. The number of aryl methyl sites for hydroxylation is 1. The highest BCUT2D eigenvalue weighted by Gasteiger charge is 2.30. The molecule has 0 atom stereocenters. The number of hydrogen-bond donors (Lipinski definition) is 0. The van der Waals surface area contributed by atoms with Crippen LogP contribution < -0.4 is 0 Å². The van der Waals surface area contributed by atoms with Crippen molar-refractivity contribution in [3.8, 4) is 0 Å². The van der Waals surface area contributed by atoms with Gasteiger partial charge < -0.3 is 0 Å². The first kappa shape index (κ1) is 15.3. The van der Waals surface area contributed by atoms with Gasteiger partial charge in [0.1, 0.15) is 0 Å². The molecular weight excluding hydrogens is 350 g/mol. The van der Waals surface area contributed by atoms with Crippen LogP contribution in [-0.2, 0) is 10.0 Å². The van der Waals surface area contributed by atoms with Crippen LogP contribution in [0.25, 0.3) is 0 Å². The van der Waals surface area contributed by atoms with E-state index in [-0.39, 0.29) is 4.90 Å². The summed E-state index contributed by atoms with van der Waals surface area (Å²) < 4.78 is 27.4. The molecule has 0 saturated carbocycles. The normalized spacial score (nSPS) is 18.7. The molecule has 0 bridgehead atoms. The zero-order valence-corrected chi connectivity index (χ0v) is 14.1. The lowest BCUT2D eigenvalue weighted by Crippen LogP contribution is -2.38. The van der Waals surface area contributed by atoms with Crippen molar-refractivity contribution < 1.29 is 8.42 Å². The summed E-state index contributed by atoms with van der Waals surface area (Å²) in [6, 6.07) is 3.29. The third-order valence-electron chi connectivity index (χ3n) is 3.57. The van der Waals surface area contributed by atoms with Gasteiger partial charge in [-0.15, -0.1) is 0 Å². The SMILES string of the molecule is Cc1cc(Br)c(S(=O)(=O)N2CCC(C)CC2)cc1Cl. The van der Waals surface area contributed by atoms with E-state index in [9.17, 15) is 8.42 Å². The van der Waals surface area contributed by atoms with Gasteiger partial charge in [-0.25, -0.2) is 8.42 Å². The van der Waals surface area contributed by atoms with E-state index in [1.165, 1.54) is 6.07 Å². The zero-order valence-electron chi connectivity index (χ0n) is 11.0. The number of nitrogens with zero attached hydrogens (tertiary/aromatic N) is 1. The highest BCUT2D eigenvalue weighted by atomic mass is 79.9. The minimum Gasteiger partial charge on any atom is -0.207 e. The molecular formula is C13H17BrClNO2S. The standard InChI is InChI=1S/C13H17BrClNO2S/c1-9-3-5-16(6-4-9)19(17,18)13-8-12(15)10(2)7-11(13)14/h7-9H,3-6H2,1-2H3. The summed E-state index contributed by atoms with van der Waals surface area (Å²) in [6.45, 7) is 5.18. The first-order valence-electron chi connectivity index (χ1n) is 6.28. The van der Waals surface area contributed by atoms with E-state index in [0.717, 1.165) is 18.4 Å². The van der Waals surface area contributed by atoms with Crippen molar-refractivity contribution in [3.05, 3.63) is 27.2 Å². The predicted molar refractivity (Wildman–Crippen MR) is 81.0 cm³/mol. The number of rotatable bonds is 2. The predicted octanol–water partition coefficient (Wildman–Crippen LogP) is 3.83. The van der Waals surface area contributed by atoms with Gasteiger partial charge in [0.15, 0.2) is 0 Å². The summed E-state index contributed by atoms with van der Waals surface area (Å²) in [6.07, 6.45) is 1.83. The Morgan fingerprint density at radius 1 is 1.32 bits per heavy atom. The second kappa shape index (κ2) is 5.72. The van der Waals surface area contributed by atoms with E-state index >= 15 is 0 Å². The van der Waals surface area contributed by atoms with Crippen LogP contribution in [0, 0.1) is 12.8 Å². The first-order chi connectivity index (χ1) is 8.82. The molecule has 0 amide bonds. The van der Waals surface area contributed by atoms with E-state index < -0.39 is 10.0 Å². The molecule has 0 unspecified atom stereocenters. The quantitative estimate of drug-likeness (QED) is 0.797. The molecule has 0 aliphatic carbocycles. The van der Waals surface area contributed by atoms with Gasteiger partial charge in [0.05, 0.1) is 4.90 Å². The third kappa shape index (κ3) is 3.15. The van der Waals surface area contributed by atoms with Crippen molar-refractivity contribution in [2.24, 2.45) is 5.92 Å². The van der Waals surface area contributed by atoms with Crippen LogP contribution in [0.15, 0.2) is 21.5 Å². The molecule has 1 aliphatic rings. The molecule has 1 aromatic carbocycles. The molecule has 1 aliphatic heterocycles. The van der Waals surface area contributed by atoms with Crippen LogP contribution in [0.2, 0.25) is 5.02 Å². The minimum atomic E-state index is -3.45. The van der Waals surface area contributed by atoms with Crippen LogP contribution in [0.5, 0.6) is 0 Å². The molecule has 2 rings (SSSR count). The molecule has 0 spiro atoms. The summed E-state index contributed by atoms with van der Waals surface area (Å²) >= 11 is 9.38. The molecule has 1 fully saturated rings. The van der Waals surface area contributed by atoms with Gasteiger partial charge in [-0.05, 0) is 59.3 Å². The molecule has 0 aromatic heterocycles. The Kier molecular flexibility index (Phi) is 4.60. The van der Waals surface area contributed by atoms with Gasteiger partial charge in [0.2, 0.25) is 10.0 Å². The number of benzene rings is 1. The zero-order chi connectivity index (χ0) is 14.2. The molecule has 1 aromatic rings. The number of sulfonamides is 1. The topological polar surface area (TPSA) is 37.4 Å². The lowest BCUT2D eigenvalue weighted by Gasteiger charge is -2.29. The van der Waals surface area contributed by atoms with Gasteiger partial charge >= 0.3 is 0 Å². The Morgan fingerprint density at radius 3 is 2.47 bits per heavy atom. The Hall–Kier alpha value is -0.100. The average Bonchev–Trinajstić information content (AvgIpc) is 2.34. The summed E-state index contributed by atoms with van der Waals surface area (Å²) in [7, 11) is -3.45. The average molecular weight is 367 g/mol. The summed E-state index contributed by atoms with van der Waals surface area (Å²) in [5.74, 6) is 0.594. The monoisotopic (exact) mass is 365 g/mol. The lowest BCUT2D eigenvalue weighted by atomic mass is 10.0. The third-order valence-corrected chi connectivity index (χ3v) is 6.84. The lowest BCUT2D eigenvalue weighted by molar-refractivity contribution is 0.288. The maximum absolute atomic E-state index is 12.6. The molecule has 1 heterocycles. The van der Waals surface area contributed by atoms with Crippen molar-refractivity contribution in [1.29, 1.82) is 0 Å². The summed E-state index contributed by atoms with van der Waals surface area (Å²) in [4.78, 5) is 0.262. The molecule has 6 heteroatoms. The van der Waals surface area contributed by atoms with Gasteiger partial charge in [0, 0.05) is 22.6 Å². The molecule has 1 saturated heterocycles. The smallest absolute Gasteiger partial charge is 0.207 e. The number of hydrogen-bond acceptors (Lipinski definition) is 2. The van der Waals surface area contributed by atoms with E-state index in [0.29, 0.717) is 28.5 Å². The Bertz CT molecular complexity index is 581. The fraction of sp³-hybridized carbons (Fsp3) is 0.538. The van der Waals surface area contributed by atoms with Gasteiger partial charge in [-0.2, -0.15) is 4.31 Å². The van der Waals surface area contributed by atoms with E-state index in [1.54, 1.807) is 10.4 Å². The maximum atomic E-state index is 12.6. The van der Waals surface area contributed by atoms with Gasteiger partial charge in [-0.3, -0.25) is 0 Å². The molecule has 0 N–H and O–H groups in total. The van der Waals surface area contributed by atoms with Crippen molar-refractivity contribution in [3.63, 3.8) is 0 Å². The summed E-state index contributed by atoms with van der Waals surface area (Å²) in [5.41, 5.74) is 0.861. The maximum Gasteiger partial charge on any atom is 0.244 e. The van der Waals surface area contributed by atoms with Crippen molar-refractivity contribution in [2.75, 3.05) is 13.1 Å². The highest BCUT2D eigenvalue weighted by Crippen LogP contribution is 2.32. The van der Waals surface area contributed by atoms with Crippen molar-refractivity contribution in [1.82, 2.24) is 4.31 Å². The van der Waals surface area contributed by atoms with Crippen LogP contribution in [0.1, 0.15) is 25.3 Å².